The minimum atomic E-state index is -0.161. The highest BCUT2D eigenvalue weighted by Crippen LogP contribution is 2.21. The highest BCUT2D eigenvalue weighted by Gasteiger charge is 2.30. The second-order valence-electron chi connectivity index (χ2n) is 6.65. The molecule has 3 N–H and O–H groups in total. The first-order chi connectivity index (χ1) is 11.0. The van der Waals surface area contributed by atoms with Crippen molar-refractivity contribution in [2.75, 3.05) is 7.11 Å². The maximum absolute atomic E-state index is 12.5. The molecule has 0 aromatic heterocycles. The molecule has 1 aromatic carbocycles. The molecule has 3 unspecified atom stereocenters. The van der Waals surface area contributed by atoms with E-state index in [9.17, 15) is 4.79 Å². The summed E-state index contributed by atoms with van der Waals surface area (Å²) in [5.41, 5.74) is 7.47. The molecule has 1 amide bonds. The lowest BCUT2D eigenvalue weighted by atomic mass is 9.99. The fourth-order valence-corrected chi connectivity index (χ4v) is 3.05. The van der Waals surface area contributed by atoms with Crippen LogP contribution in [0.2, 0.25) is 0 Å². The van der Waals surface area contributed by atoms with Crippen molar-refractivity contribution < 1.29 is 9.53 Å². The number of amides is 1. The number of hydrazine groups is 1. The summed E-state index contributed by atoms with van der Waals surface area (Å²) in [6.45, 7) is 6.48. The smallest absolute Gasteiger partial charge is 0.239 e. The van der Waals surface area contributed by atoms with Crippen molar-refractivity contribution >= 4 is 5.91 Å². The Morgan fingerprint density at radius 3 is 2.57 bits per heavy atom. The summed E-state index contributed by atoms with van der Waals surface area (Å²) in [7, 11) is 1.65. The first-order valence-electron chi connectivity index (χ1n) is 8.48. The standard InChI is InChI=1S/C18H29N3O2/c1-5-16(13-6-8-15(23-4)9-7-13)19-18(22)17-11-14(20-21-17)10-12(2)3/h6-9,12,14,16-17,20-21H,5,10-11H2,1-4H3,(H,19,22). The molecule has 23 heavy (non-hydrogen) atoms. The summed E-state index contributed by atoms with van der Waals surface area (Å²) in [5, 5.41) is 3.15. The molecule has 128 valence electrons. The van der Waals surface area contributed by atoms with Gasteiger partial charge in [0.25, 0.3) is 0 Å². The van der Waals surface area contributed by atoms with Gasteiger partial charge in [-0.1, -0.05) is 32.9 Å². The first kappa shape index (κ1) is 17.8. The number of benzene rings is 1. The Hall–Kier alpha value is -1.59. The second kappa shape index (κ2) is 8.31. The highest BCUT2D eigenvalue weighted by molar-refractivity contribution is 5.82. The van der Waals surface area contributed by atoms with Gasteiger partial charge >= 0.3 is 0 Å². The van der Waals surface area contributed by atoms with E-state index >= 15 is 0 Å². The lowest BCUT2D eigenvalue weighted by molar-refractivity contribution is -0.123. The quantitative estimate of drug-likeness (QED) is 0.723. The second-order valence-corrected chi connectivity index (χ2v) is 6.65. The van der Waals surface area contributed by atoms with Gasteiger partial charge in [0.2, 0.25) is 5.91 Å². The summed E-state index contributed by atoms with van der Waals surface area (Å²) in [4.78, 5) is 12.5. The van der Waals surface area contributed by atoms with Crippen LogP contribution >= 0.6 is 0 Å². The van der Waals surface area contributed by atoms with Crippen LogP contribution in [0.4, 0.5) is 0 Å². The van der Waals surface area contributed by atoms with E-state index in [2.05, 4.69) is 36.9 Å². The molecule has 2 rings (SSSR count). The monoisotopic (exact) mass is 319 g/mol. The molecule has 1 fully saturated rings. The molecule has 1 saturated heterocycles. The summed E-state index contributed by atoms with van der Waals surface area (Å²) in [5.74, 6) is 1.51. The van der Waals surface area contributed by atoms with Gasteiger partial charge in [-0.25, -0.2) is 5.43 Å². The van der Waals surface area contributed by atoms with Crippen molar-refractivity contribution in [3.63, 3.8) is 0 Å². The Kier molecular flexibility index (Phi) is 6.42. The molecule has 0 radical (unpaired) electrons. The van der Waals surface area contributed by atoms with Gasteiger partial charge in [-0.15, -0.1) is 0 Å². The number of carbonyl (C=O) groups is 1. The Labute approximate surface area is 139 Å². The maximum atomic E-state index is 12.5. The van der Waals surface area contributed by atoms with Crippen LogP contribution in [0.3, 0.4) is 0 Å². The van der Waals surface area contributed by atoms with Crippen LogP contribution in [0.5, 0.6) is 5.75 Å². The van der Waals surface area contributed by atoms with Crippen molar-refractivity contribution in [1.82, 2.24) is 16.2 Å². The Morgan fingerprint density at radius 2 is 2.00 bits per heavy atom. The zero-order valence-electron chi connectivity index (χ0n) is 14.6. The van der Waals surface area contributed by atoms with Gasteiger partial charge in [-0.05, 0) is 42.9 Å². The van der Waals surface area contributed by atoms with E-state index in [1.54, 1.807) is 7.11 Å². The van der Waals surface area contributed by atoms with E-state index in [4.69, 9.17) is 4.74 Å². The molecule has 3 atom stereocenters. The van der Waals surface area contributed by atoms with Crippen LogP contribution in [0.25, 0.3) is 0 Å². The van der Waals surface area contributed by atoms with Gasteiger partial charge in [0, 0.05) is 6.04 Å². The first-order valence-corrected chi connectivity index (χ1v) is 8.48. The fraction of sp³-hybridized carbons (Fsp3) is 0.611. The number of ether oxygens (including phenoxy) is 1. The largest absolute Gasteiger partial charge is 0.497 e. The van der Waals surface area contributed by atoms with Crippen LogP contribution in [0.15, 0.2) is 24.3 Å². The Morgan fingerprint density at radius 1 is 1.30 bits per heavy atom. The molecular weight excluding hydrogens is 290 g/mol. The van der Waals surface area contributed by atoms with E-state index in [-0.39, 0.29) is 18.0 Å². The third-order valence-corrected chi connectivity index (χ3v) is 4.30. The molecule has 5 nitrogen and oxygen atoms in total. The van der Waals surface area contributed by atoms with Crippen LogP contribution in [0.1, 0.15) is 51.6 Å². The number of hydrogen-bond acceptors (Lipinski definition) is 4. The number of nitrogens with one attached hydrogen (secondary N) is 3. The Bertz CT molecular complexity index is 501. The summed E-state index contributed by atoms with van der Waals surface area (Å²) in [6, 6.07) is 8.11. The SMILES string of the molecule is CCC(NC(=O)C1CC(CC(C)C)NN1)c1ccc(OC)cc1. The number of rotatable bonds is 7. The molecule has 1 aliphatic heterocycles. The van der Waals surface area contributed by atoms with Gasteiger partial charge in [0.05, 0.1) is 13.2 Å². The predicted molar refractivity (Wildman–Crippen MR) is 92.1 cm³/mol. The summed E-state index contributed by atoms with van der Waals surface area (Å²) < 4.78 is 5.18. The minimum absolute atomic E-state index is 0.0272. The molecule has 5 heteroatoms. The molecule has 0 spiro atoms. The molecule has 1 heterocycles. The third kappa shape index (κ3) is 4.94. The van der Waals surface area contributed by atoms with Crippen molar-refractivity contribution in [3.05, 3.63) is 29.8 Å². The van der Waals surface area contributed by atoms with Crippen LogP contribution in [-0.4, -0.2) is 25.1 Å². The molecule has 0 bridgehead atoms. The van der Waals surface area contributed by atoms with Gasteiger partial charge in [0.15, 0.2) is 0 Å². The fourth-order valence-electron chi connectivity index (χ4n) is 3.05. The number of hydrogen-bond donors (Lipinski definition) is 3. The average molecular weight is 319 g/mol. The van der Waals surface area contributed by atoms with Crippen molar-refractivity contribution in [3.8, 4) is 5.75 Å². The van der Waals surface area contributed by atoms with Crippen LogP contribution in [-0.2, 0) is 4.79 Å². The van der Waals surface area contributed by atoms with E-state index in [0.717, 1.165) is 30.6 Å². The average Bonchev–Trinajstić information content (AvgIpc) is 3.00. The van der Waals surface area contributed by atoms with Crippen molar-refractivity contribution in [2.24, 2.45) is 5.92 Å². The maximum Gasteiger partial charge on any atom is 0.239 e. The van der Waals surface area contributed by atoms with Gasteiger partial charge in [0.1, 0.15) is 11.8 Å². The molecule has 0 saturated carbocycles. The number of methoxy groups -OCH3 is 1. The zero-order valence-corrected chi connectivity index (χ0v) is 14.6. The summed E-state index contributed by atoms with van der Waals surface area (Å²) >= 11 is 0. The Balaban J connectivity index is 1.92. The van der Waals surface area contributed by atoms with Crippen LogP contribution in [0, 0.1) is 5.92 Å². The van der Waals surface area contributed by atoms with Gasteiger partial charge in [-0.3, -0.25) is 10.2 Å². The highest BCUT2D eigenvalue weighted by atomic mass is 16.5. The van der Waals surface area contributed by atoms with Crippen LogP contribution < -0.4 is 20.9 Å². The van der Waals surface area contributed by atoms with Crippen molar-refractivity contribution in [2.45, 2.75) is 58.2 Å². The molecule has 0 aliphatic carbocycles. The van der Waals surface area contributed by atoms with Gasteiger partial charge < -0.3 is 10.1 Å². The van der Waals surface area contributed by atoms with Gasteiger partial charge in [-0.2, -0.15) is 0 Å². The van der Waals surface area contributed by atoms with E-state index in [0.29, 0.717) is 12.0 Å². The zero-order chi connectivity index (χ0) is 16.8. The third-order valence-electron chi connectivity index (χ3n) is 4.30. The minimum Gasteiger partial charge on any atom is -0.497 e. The number of carbonyl (C=O) groups excluding carboxylic acids is 1. The van der Waals surface area contributed by atoms with E-state index in [1.165, 1.54) is 0 Å². The summed E-state index contributed by atoms with van der Waals surface area (Å²) in [6.07, 6.45) is 2.77. The molecule has 1 aromatic rings. The normalized spacial score (nSPS) is 22.1. The lowest BCUT2D eigenvalue weighted by Gasteiger charge is -2.20. The molecule has 1 aliphatic rings. The van der Waals surface area contributed by atoms with E-state index in [1.807, 2.05) is 24.3 Å². The molecular formula is C18H29N3O2. The topological polar surface area (TPSA) is 62.4 Å². The van der Waals surface area contributed by atoms with E-state index < -0.39 is 0 Å². The predicted octanol–water partition coefficient (Wildman–Crippen LogP) is 2.54. The van der Waals surface area contributed by atoms with Crippen molar-refractivity contribution in [1.29, 1.82) is 0 Å². The lowest BCUT2D eigenvalue weighted by Crippen LogP contribution is -2.44.